The van der Waals surface area contributed by atoms with Crippen LogP contribution in [0.25, 0.3) is 0 Å². The summed E-state index contributed by atoms with van der Waals surface area (Å²) in [5, 5.41) is 3.83. The highest BCUT2D eigenvalue weighted by molar-refractivity contribution is 6.32. The SMILES string of the molecule is CNCCc1cc(C)c(OCc2ccccc2)c(Cl)c1. The highest BCUT2D eigenvalue weighted by Crippen LogP contribution is 2.30. The summed E-state index contributed by atoms with van der Waals surface area (Å²) in [5.74, 6) is 0.781. The van der Waals surface area contributed by atoms with Gasteiger partial charge >= 0.3 is 0 Å². The second kappa shape index (κ2) is 7.32. The van der Waals surface area contributed by atoms with Gasteiger partial charge in [0.2, 0.25) is 0 Å². The van der Waals surface area contributed by atoms with E-state index in [4.69, 9.17) is 16.3 Å². The van der Waals surface area contributed by atoms with E-state index in [1.165, 1.54) is 5.56 Å². The van der Waals surface area contributed by atoms with Crippen LogP contribution in [0.3, 0.4) is 0 Å². The molecule has 0 amide bonds. The molecule has 20 heavy (non-hydrogen) atoms. The van der Waals surface area contributed by atoms with E-state index < -0.39 is 0 Å². The molecule has 0 aliphatic heterocycles. The predicted molar refractivity (Wildman–Crippen MR) is 84.6 cm³/mol. The number of hydrogen-bond acceptors (Lipinski definition) is 2. The van der Waals surface area contributed by atoms with E-state index in [1.54, 1.807) is 0 Å². The molecule has 2 rings (SSSR count). The Morgan fingerprint density at radius 2 is 1.85 bits per heavy atom. The van der Waals surface area contributed by atoms with E-state index in [0.29, 0.717) is 11.6 Å². The van der Waals surface area contributed by atoms with E-state index in [2.05, 4.69) is 11.4 Å². The Hall–Kier alpha value is -1.51. The van der Waals surface area contributed by atoms with Crippen LogP contribution >= 0.6 is 11.6 Å². The first-order valence-electron chi connectivity index (χ1n) is 6.81. The third-order valence-electron chi connectivity index (χ3n) is 3.18. The van der Waals surface area contributed by atoms with Crippen molar-refractivity contribution in [2.75, 3.05) is 13.6 Å². The van der Waals surface area contributed by atoms with E-state index in [-0.39, 0.29) is 0 Å². The van der Waals surface area contributed by atoms with Crippen LogP contribution in [0.2, 0.25) is 5.02 Å². The van der Waals surface area contributed by atoms with Gasteiger partial charge in [0.05, 0.1) is 5.02 Å². The molecule has 2 nitrogen and oxygen atoms in total. The Morgan fingerprint density at radius 3 is 2.50 bits per heavy atom. The first-order valence-corrected chi connectivity index (χ1v) is 7.19. The molecular weight excluding hydrogens is 270 g/mol. The van der Waals surface area contributed by atoms with E-state index in [1.807, 2.05) is 50.4 Å². The molecule has 2 aromatic carbocycles. The Bertz CT molecular complexity index is 531. The number of halogens is 1. The van der Waals surface area contributed by atoms with Crippen LogP contribution in [0.15, 0.2) is 42.5 Å². The van der Waals surface area contributed by atoms with Gasteiger partial charge in [-0.2, -0.15) is 0 Å². The summed E-state index contributed by atoms with van der Waals surface area (Å²) >= 11 is 6.33. The number of hydrogen-bond donors (Lipinski definition) is 1. The lowest BCUT2D eigenvalue weighted by atomic mass is 10.1. The average molecular weight is 290 g/mol. The first-order chi connectivity index (χ1) is 9.70. The molecular formula is C17H20ClNO. The molecule has 0 saturated heterocycles. The monoisotopic (exact) mass is 289 g/mol. The fourth-order valence-corrected chi connectivity index (χ4v) is 2.47. The lowest BCUT2D eigenvalue weighted by Crippen LogP contribution is -2.10. The first kappa shape index (κ1) is 14.9. The molecule has 1 N–H and O–H groups in total. The molecule has 0 saturated carbocycles. The van der Waals surface area contributed by atoms with Gasteiger partial charge in [0.15, 0.2) is 0 Å². The van der Waals surface area contributed by atoms with Crippen molar-refractivity contribution in [1.29, 1.82) is 0 Å². The molecule has 0 bridgehead atoms. The van der Waals surface area contributed by atoms with Crippen molar-refractivity contribution in [1.82, 2.24) is 5.32 Å². The van der Waals surface area contributed by atoms with E-state index in [0.717, 1.165) is 29.8 Å². The van der Waals surface area contributed by atoms with E-state index >= 15 is 0 Å². The van der Waals surface area contributed by atoms with Crippen molar-refractivity contribution in [3.05, 3.63) is 64.2 Å². The van der Waals surface area contributed by atoms with Gasteiger partial charge in [0.25, 0.3) is 0 Å². The average Bonchev–Trinajstić information content (AvgIpc) is 2.45. The molecule has 0 radical (unpaired) electrons. The largest absolute Gasteiger partial charge is 0.487 e. The normalized spacial score (nSPS) is 10.6. The van der Waals surface area contributed by atoms with Crippen LogP contribution in [0, 0.1) is 6.92 Å². The van der Waals surface area contributed by atoms with Crippen LogP contribution in [0.5, 0.6) is 5.75 Å². The zero-order valence-electron chi connectivity index (χ0n) is 11.9. The van der Waals surface area contributed by atoms with Crippen LogP contribution < -0.4 is 10.1 Å². The van der Waals surface area contributed by atoms with Crippen LogP contribution in [-0.2, 0) is 13.0 Å². The number of ether oxygens (including phenoxy) is 1. The molecule has 3 heteroatoms. The second-order valence-electron chi connectivity index (χ2n) is 4.85. The fraction of sp³-hybridized carbons (Fsp3) is 0.294. The molecule has 106 valence electrons. The predicted octanol–water partition coefficient (Wildman–Crippen LogP) is 3.99. The number of likely N-dealkylation sites (N-methyl/N-ethyl adjacent to an activating group) is 1. The summed E-state index contributed by atoms with van der Waals surface area (Å²) in [6.45, 7) is 3.52. The highest BCUT2D eigenvalue weighted by Gasteiger charge is 2.08. The fourth-order valence-electron chi connectivity index (χ4n) is 2.13. The zero-order valence-corrected chi connectivity index (χ0v) is 12.7. The molecule has 2 aromatic rings. The molecule has 0 aliphatic rings. The van der Waals surface area contributed by atoms with Crippen molar-refractivity contribution in [3.8, 4) is 5.75 Å². The molecule has 0 heterocycles. The minimum atomic E-state index is 0.539. The van der Waals surface area contributed by atoms with Gasteiger partial charge in [-0.25, -0.2) is 0 Å². The minimum absolute atomic E-state index is 0.539. The van der Waals surface area contributed by atoms with Gasteiger partial charge in [0, 0.05) is 0 Å². The molecule has 0 atom stereocenters. The third-order valence-corrected chi connectivity index (χ3v) is 3.46. The van der Waals surface area contributed by atoms with Crippen molar-refractivity contribution in [2.24, 2.45) is 0 Å². The van der Waals surface area contributed by atoms with Gasteiger partial charge in [-0.3, -0.25) is 0 Å². The highest BCUT2D eigenvalue weighted by atomic mass is 35.5. The van der Waals surface area contributed by atoms with Crippen molar-refractivity contribution >= 4 is 11.6 Å². The number of nitrogens with one attached hydrogen (secondary N) is 1. The molecule has 0 aromatic heterocycles. The number of benzene rings is 2. The molecule has 0 unspecified atom stereocenters. The lowest BCUT2D eigenvalue weighted by Gasteiger charge is -2.13. The summed E-state index contributed by atoms with van der Waals surface area (Å²) in [5.41, 5.74) is 3.45. The van der Waals surface area contributed by atoms with Crippen molar-refractivity contribution in [2.45, 2.75) is 20.0 Å². The minimum Gasteiger partial charge on any atom is -0.487 e. The Labute approximate surface area is 125 Å². The second-order valence-corrected chi connectivity index (χ2v) is 5.26. The van der Waals surface area contributed by atoms with E-state index in [9.17, 15) is 0 Å². The summed E-state index contributed by atoms with van der Waals surface area (Å²) in [6.07, 6.45) is 0.968. The van der Waals surface area contributed by atoms with Gasteiger partial charge in [-0.15, -0.1) is 0 Å². The Kier molecular flexibility index (Phi) is 5.45. The quantitative estimate of drug-likeness (QED) is 0.868. The standard InChI is InChI=1S/C17H20ClNO/c1-13-10-15(8-9-19-2)11-16(18)17(13)20-12-14-6-4-3-5-7-14/h3-7,10-11,19H,8-9,12H2,1-2H3. The topological polar surface area (TPSA) is 21.3 Å². The van der Waals surface area contributed by atoms with Gasteiger partial charge in [-0.05, 0) is 49.7 Å². The lowest BCUT2D eigenvalue weighted by molar-refractivity contribution is 0.304. The van der Waals surface area contributed by atoms with Crippen molar-refractivity contribution in [3.63, 3.8) is 0 Å². The van der Waals surface area contributed by atoms with Gasteiger partial charge in [0.1, 0.15) is 12.4 Å². The maximum Gasteiger partial charge on any atom is 0.141 e. The summed E-state index contributed by atoms with van der Waals surface area (Å²) in [7, 11) is 1.95. The summed E-state index contributed by atoms with van der Waals surface area (Å²) in [6, 6.07) is 14.2. The third kappa shape index (κ3) is 3.99. The zero-order chi connectivity index (χ0) is 14.4. The molecule has 0 fully saturated rings. The smallest absolute Gasteiger partial charge is 0.141 e. The van der Waals surface area contributed by atoms with Crippen LogP contribution in [0.4, 0.5) is 0 Å². The van der Waals surface area contributed by atoms with Crippen LogP contribution in [-0.4, -0.2) is 13.6 Å². The van der Waals surface area contributed by atoms with Gasteiger partial charge < -0.3 is 10.1 Å². The molecule has 0 spiro atoms. The maximum absolute atomic E-state index is 6.33. The van der Waals surface area contributed by atoms with Gasteiger partial charge in [-0.1, -0.05) is 48.0 Å². The van der Waals surface area contributed by atoms with Crippen molar-refractivity contribution < 1.29 is 4.74 Å². The Balaban J connectivity index is 2.08. The molecule has 0 aliphatic carbocycles. The number of aryl methyl sites for hydroxylation is 1. The Morgan fingerprint density at radius 1 is 1.10 bits per heavy atom. The van der Waals surface area contributed by atoms with Crippen LogP contribution in [0.1, 0.15) is 16.7 Å². The maximum atomic E-state index is 6.33. The summed E-state index contributed by atoms with van der Waals surface area (Å²) in [4.78, 5) is 0. The number of rotatable bonds is 6. The summed E-state index contributed by atoms with van der Waals surface area (Å²) < 4.78 is 5.87.